The summed E-state index contributed by atoms with van der Waals surface area (Å²) in [7, 11) is 0. The molecule has 0 aliphatic carbocycles. The van der Waals surface area contributed by atoms with Crippen LogP contribution in [0.3, 0.4) is 0 Å². The van der Waals surface area contributed by atoms with Gasteiger partial charge in [-0.25, -0.2) is 9.59 Å². The summed E-state index contributed by atoms with van der Waals surface area (Å²) in [6, 6.07) is 9.55. The molecule has 0 radical (unpaired) electrons. The Morgan fingerprint density at radius 2 is 1.19 bits per heavy atom. The number of carbonyl (C=O) groups is 2. The monoisotopic (exact) mass is 514 g/mol. The maximum absolute atomic E-state index is 11.0. The standard InChI is InChI=1S/C22H42O2.C11H12O2/c1-3-4-5-6-7-8-9-10-11-12-13-14-15-16-17-18-19-20-21(2)22(23)24;1-9(2)11(12)13-8-10-6-4-3-5-7-10/h20H,3-19H2,1-2H3,(H,23,24);3-7H,1,8H2,2H3. The molecule has 0 fully saturated rings. The van der Waals surface area contributed by atoms with Crippen LogP contribution in [0.15, 0.2) is 54.1 Å². The predicted octanol–water partition coefficient (Wildman–Crippen LogP) is 9.97. The number of carboxylic acids is 1. The molecular weight excluding hydrogens is 460 g/mol. The number of unbranched alkanes of at least 4 members (excludes halogenated alkanes) is 16. The maximum atomic E-state index is 11.0. The summed E-state index contributed by atoms with van der Waals surface area (Å²) in [5.74, 6) is -1.13. The van der Waals surface area contributed by atoms with Gasteiger partial charge in [0.05, 0.1) is 0 Å². The van der Waals surface area contributed by atoms with E-state index in [9.17, 15) is 9.59 Å². The number of esters is 1. The summed E-state index contributed by atoms with van der Waals surface area (Å²) in [6.07, 6.45) is 24.8. The lowest BCUT2D eigenvalue weighted by molar-refractivity contribution is -0.140. The van der Waals surface area contributed by atoms with Crippen molar-refractivity contribution in [2.75, 3.05) is 0 Å². The first-order valence-electron chi connectivity index (χ1n) is 14.6. The second kappa shape index (κ2) is 25.3. The Labute approximate surface area is 227 Å². The van der Waals surface area contributed by atoms with E-state index in [0.29, 0.717) is 17.8 Å². The zero-order valence-electron chi connectivity index (χ0n) is 24.1. The Morgan fingerprint density at radius 1 is 0.757 bits per heavy atom. The van der Waals surface area contributed by atoms with Gasteiger partial charge in [0.2, 0.25) is 0 Å². The van der Waals surface area contributed by atoms with Gasteiger partial charge in [-0.2, -0.15) is 0 Å². The minimum atomic E-state index is -0.786. The smallest absolute Gasteiger partial charge is 0.333 e. The average Bonchev–Trinajstić information content (AvgIpc) is 2.89. The number of hydrogen-bond acceptors (Lipinski definition) is 3. The molecule has 0 bridgehead atoms. The fraction of sp³-hybridized carbons (Fsp3) is 0.636. The largest absolute Gasteiger partial charge is 0.478 e. The van der Waals surface area contributed by atoms with Crippen molar-refractivity contribution in [3.8, 4) is 0 Å². The van der Waals surface area contributed by atoms with Gasteiger partial charge in [-0.1, -0.05) is 146 Å². The highest BCUT2D eigenvalue weighted by molar-refractivity contribution is 5.87. The first-order chi connectivity index (χ1) is 17.9. The van der Waals surface area contributed by atoms with Crippen molar-refractivity contribution < 1.29 is 19.4 Å². The van der Waals surface area contributed by atoms with Crippen molar-refractivity contribution in [2.45, 2.75) is 137 Å². The van der Waals surface area contributed by atoms with Gasteiger partial charge in [0.1, 0.15) is 6.61 Å². The molecular formula is C33H54O4. The molecule has 0 aromatic heterocycles. The highest BCUT2D eigenvalue weighted by Crippen LogP contribution is 2.14. The van der Waals surface area contributed by atoms with E-state index in [2.05, 4.69) is 13.5 Å². The Balaban J connectivity index is 0.000000832. The van der Waals surface area contributed by atoms with Crippen LogP contribution < -0.4 is 0 Å². The van der Waals surface area contributed by atoms with E-state index >= 15 is 0 Å². The second-order valence-corrected chi connectivity index (χ2v) is 10.1. The molecule has 4 heteroatoms. The van der Waals surface area contributed by atoms with Gasteiger partial charge in [-0.15, -0.1) is 0 Å². The summed E-state index contributed by atoms with van der Waals surface area (Å²) in [5.41, 5.74) is 1.89. The average molecular weight is 515 g/mol. The van der Waals surface area contributed by atoms with Crippen LogP contribution in [-0.2, 0) is 20.9 Å². The van der Waals surface area contributed by atoms with E-state index in [4.69, 9.17) is 9.84 Å². The van der Waals surface area contributed by atoms with Crippen LogP contribution in [0.1, 0.15) is 135 Å². The van der Waals surface area contributed by atoms with Crippen LogP contribution in [0.4, 0.5) is 0 Å². The number of benzene rings is 1. The van der Waals surface area contributed by atoms with Crippen molar-refractivity contribution in [3.63, 3.8) is 0 Å². The molecule has 0 unspecified atom stereocenters. The van der Waals surface area contributed by atoms with Crippen molar-refractivity contribution in [2.24, 2.45) is 0 Å². The highest BCUT2D eigenvalue weighted by atomic mass is 16.5. The van der Waals surface area contributed by atoms with Crippen molar-refractivity contribution in [3.05, 3.63) is 59.7 Å². The third kappa shape index (κ3) is 23.8. The summed E-state index contributed by atoms with van der Waals surface area (Å²) < 4.78 is 4.95. The molecule has 1 aromatic carbocycles. The second-order valence-electron chi connectivity index (χ2n) is 10.1. The number of carbonyl (C=O) groups excluding carboxylic acids is 1. The zero-order valence-corrected chi connectivity index (χ0v) is 24.1. The topological polar surface area (TPSA) is 63.6 Å². The Hall–Kier alpha value is -2.36. The Kier molecular flexibility index (Phi) is 23.7. The Bertz CT molecular complexity index is 736. The number of aliphatic carboxylic acids is 1. The minimum Gasteiger partial charge on any atom is -0.478 e. The van der Waals surface area contributed by atoms with Crippen LogP contribution in [0, 0.1) is 0 Å². The number of ether oxygens (including phenoxy) is 1. The number of carboxylic acid groups (broad SMARTS) is 1. The normalized spacial score (nSPS) is 10.9. The third-order valence-electron chi connectivity index (χ3n) is 6.41. The molecule has 0 amide bonds. The van der Waals surface area contributed by atoms with Gasteiger partial charge in [-0.05, 0) is 32.3 Å². The van der Waals surface area contributed by atoms with E-state index in [1.165, 1.54) is 96.3 Å². The molecule has 4 nitrogen and oxygen atoms in total. The highest BCUT2D eigenvalue weighted by Gasteiger charge is 2.02. The minimum absolute atomic E-state index is 0.312. The van der Waals surface area contributed by atoms with Gasteiger partial charge < -0.3 is 9.84 Å². The van der Waals surface area contributed by atoms with Gasteiger partial charge in [-0.3, -0.25) is 0 Å². The summed E-state index contributed by atoms with van der Waals surface area (Å²) in [5, 5.41) is 8.75. The lowest BCUT2D eigenvalue weighted by Gasteiger charge is -2.03. The molecule has 0 saturated carbocycles. The zero-order chi connectivity index (χ0) is 27.6. The Morgan fingerprint density at radius 3 is 1.59 bits per heavy atom. The van der Waals surface area contributed by atoms with Gasteiger partial charge in [0, 0.05) is 11.1 Å². The molecule has 0 aliphatic heterocycles. The summed E-state index contributed by atoms with van der Waals surface area (Å²) in [4.78, 5) is 21.6. The first kappa shape index (κ1) is 34.6. The predicted molar refractivity (Wildman–Crippen MR) is 157 cm³/mol. The van der Waals surface area contributed by atoms with E-state index < -0.39 is 5.97 Å². The lowest BCUT2D eigenvalue weighted by Crippen LogP contribution is -2.04. The van der Waals surface area contributed by atoms with Crippen molar-refractivity contribution >= 4 is 11.9 Å². The molecule has 1 aromatic rings. The molecule has 0 heterocycles. The first-order valence-corrected chi connectivity index (χ1v) is 14.6. The van der Waals surface area contributed by atoms with Crippen molar-refractivity contribution in [1.82, 2.24) is 0 Å². The van der Waals surface area contributed by atoms with Crippen LogP contribution >= 0.6 is 0 Å². The van der Waals surface area contributed by atoms with Crippen LogP contribution in [0.25, 0.3) is 0 Å². The van der Waals surface area contributed by atoms with Gasteiger partial charge in [0.15, 0.2) is 0 Å². The van der Waals surface area contributed by atoms with E-state index in [1.54, 1.807) is 13.8 Å². The van der Waals surface area contributed by atoms with Crippen LogP contribution in [-0.4, -0.2) is 17.0 Å². The van der Waals surface area contributed by atoms with Gasteiger partial charge in [0.25, 0.3) is 0 Å². The molecule has 0 spiro atoms. The molecule has 1 N–H and O–H groups in total. The fourth-order valence-electron chi connectivity index (χ4n) is 3.94. The van der Waals surface area contributed by atoms with Crippen LogP contribution in [0.5, 0.6) is 0 Å². The maximum Gasteiger partial charge on any atom is 0.333 e. The third-order valence-corrected chi connectivity index (χ3v) is 6.41. The molecule has 0 atom stereocenters. The van der Waals surface area contributed by atoms with E-state index in [0.717, 1.165) is 18.4 Å². The summed E-state index contributed by atoms with van der Waals surface area (Å²) >= 11 is 0. The van der Waals surface area contributed by atoms with E-state index in [1.807, 2.05) is 36.4 Å². The van der Waals surface area contributed by atoms with Crippen molar-refractivity contribution in [1.29, 1.82) is 0 Å². The fourth-order valence-corrected chi connectivity index (χ4v) is 3.94. The van der Waals surface area contributed by atoms with Crippen LogP contribution in [0.2, 0.25) is 0 Å². The SMILES string of the molecule is C=C(C)C(=O)OCc1ccccc1.CCCCCCCCCCCCCCCCCCC=C(C)C(=O)O. The lowest BCUT2D eigenvalue weighted by atomic mass is 10.0. The molecule has 210 valence electrons. The van der Waals surface area contributed by atoms with Gasteiger partial charge >= 0.3 is 11.9 Å². The molecule has 1 rings (SSSR count). The quantitative estimate of drug-likeness (QED) is 0.101. The molecule has 0 saturated heterocycles. The van der Waals surface area contributed by atoms with E-state index in [-0.39, 0.29) is 5.97 Å². The molecule has 0 aliphatic rings. The number of rotatable bonds is 21. The number of allylic oxidation sites excluding steroid dienone is 1. The summed E-state index contributed by atoms with van der Waals surface area (Å²) in [6.45, 7) is 9.39. The molecule has 37 heavy (non-hydrogen) atoms. The number of hydrogen-bond donors (Lipinski definition) is 1.